The van der Waals surface area contributed by atoms with Crippen LogP contribution in [0.25, 0.3) is 33.3 Å². The molecule has 9 heteroatoms. The highest BCUT2D eigenvalue weighted by atomic mass is 35.5. The van der Waals surface area contributed by atoms with Gasteiger partial charge in [-0.2, -0.15) is 10.2 Å². The number of nitrogens with one attached hydrogen (secondary N) is 1. The molecule has 0 atom stereocenters. The summed E-state index contributed by atoms with van der Waals surface area (Å²) in [6, 6.07) is 8.24. The van der Waals surface area contributed by atoms with Crippen LogP contribution in [0.4, 0.5) is 5.69 Å². The van der Waals surface area contributed by atoms with Gasteiger partial charge in [-0.15, -0.1) is 0 Å². The number of carbonyl (C=O) groups excluding carboxylic acids is 1. The summed E-state index contributed by atoms with van der Waals surface area (Å²) in [6.07, 6.45) is 6.43. The summed E-state index contributed by atoms with van der Waals surface area (Å²) in [7, 11) is 1.93. The van der Waals surface area contributed by atoms with Gasteiger partial charge in [-0.3, -0.25) is 14.2 Å². The van der Waals surface area contributed by atoms with Crippen LogP contribution in [0, 0.1) is 24.7 Å². The zero-order valence-electron chi connectivity index (χ0n) is 21.8. The zero-order chi connectivity index (χ0) is 26.9. The van der Waals surface area contributed by atoms with Crippen LogP contribution in [-0.2, 0) is 11.8 Å². The Labute approximate surface area is 226 Å². The van der Waals surface area contributed by atoms with Crippen molar-refractivity contribution in [1.82, 2.24) is 24.5 Å². The maximum Gasteiger partial charge on any atom is 0.245 e. The summed E-state index contributed by atoms with van der Waals surface area (Å²) in [4.78, 5) is 13.8. The van der Waals surface area contributed by atoms with E-state index in [1.165, 1.54) is 12.3 Å². The number of fused-ring (bicyclic) bond motifs is 1. The van der Waals surface area contributed by atoms with E-state index < -0.39 is 0 Å². The van der Waals surface area contributed by atoms with Crippen molar-refractivity contribution < 1.29 is 4.79 Å². The van der Waals surface area contributed by atoms with Crippen LogP contribution in [0.5, 0.6) is 0 Å². The number of hydrogen-bond acceptors (Lipinski definition) is 5. The van der Waals surface area contributed by atoms with Crippen molar-refractivity contribution >= 4 is 40.3 Å². The molecule has 0 bridgehead atoms. The number of halogens is 1. The van der Waals surface area contributed by atoms with Gasteiger partial charge in [0.2, 0.25) is 5.91 Å². The van der Waals surface area contributed by atoms with E-state index in [1.54, 1.807) is 0 Å². The number of carbonyl (C=O) groups is 1. The quantitative estimate of drug-likeness (QED) is 0.208. The van der Waals surface area contributed by atoms with Gasteiger partial charge in [0.25, 0.3) is 0 Å². The van der Waals surface area contributed by atoms with Crippen molar-refractivity contribution in [2.75, 3.05) is 18.8 Å². The normalized spacial score (nSPS) is 16.5. The van der Waals surface area contributed by atoms with Crippen LogP contribution in [0.1, 0.15) is 35.7 Å². The molecule has 8 nitrogen and oxygen atoms in total. The molecule has 2 aliphatic rings. The Bertz CT molecular complexity index is 1650. The minimum atomic E-state index is -0.00411. The van der Waals surface area contributed by atoms with E-state index >= 15 is 0 Å². The number of aryl methyl sites for hydroxylation is 2. The number of anilines is 1. The average Bonchev–Trinajstić information content (AvgIpc) is 3.38. The first-order valence-electron chi connectivity index (χ1n) is 12.7. The van der Waals surface area contributed by atoms with Crippen molar-refractivity contribution in [3.8, 4) is 22.4 Å². The third-order valence-electron chi connectivity index (χ3n) is 8.30. The van der Waals surface area contributed by atoms with Crippen molar-refractivity contribution in [3.63, 3.8) is 0 Å². The minimum Gasteiger partial charge on any atom is -0.398 e. The standard InChI is InChI=1S/C29H30ClN7O/c1-5-24(38)36-14-29(15-36)10-20(11-29)37-17(3)25(26-21(12-31)22(32)8-16(2)27(26)30)28(34-37)18-6-7-23-19(9-18)13-33-35(23)4/h5-9,12-13,20,31H,1,10-11,14-15,32H2,2-4H3. The van der Waals surface area contributed by atoms with E-state index in [1.807, 2.05) is 35.8 Å². The van der Waals surface area contributed by atoms with E-state index in [0.717, 1.165) is 70.5 Å². The lowest BCUT2D eigenvalue weighted by atomic mass is 9.60. The van der Waals surface area contributed by atoms with E-state index in [-0.39, 0.29) is 17.4 Å². The topological polar surface area (TPSA) is 106 Å². The molecular formula is C29H30ClN7O. The maximum absolute atomic E-state index is 12.0. The van der Waals surface area contributed by atoms with Gasteiger partial charge in [-0.25, -0.2) is 0 Å². The second-order valence-electron chi connectivity index (χ2n) is 10.8. The second kappa shape index (κ2) is 8.56. The van der Waals surface area contributed by atoms with Gasteiger partial charge in [0.15, 0.2) is 0 Å². The molecule has 0 unspecified atom stereocenters. The molecule has 1 spiro atoms. The molecule has 0 radical (unpaired) electrons. The number of likely N-dealkylation sites (tertiary alicyclic amines) is 1. The van der Waals surface area contributed by atoms with Crippen LogP contribution in [0.3, 0.4) is 0 Å². The van der Waals surface area contributed by atoms with Gasteiger partial charge in [0, 0.05) is 70.8 Å². The highest BCUT2D eigenvalue weighted by Gasteiger charge is 2.54. The first-order chi connectivity index (χ1) is 18.2. The molecule has 1 aliphatic carbocycles. The fourth-order valence-electron chi connectivity index (χ4n) is 6.34. The lowest BCUT2D eigenvalue weighted by molar-refractivity contribution is -0.149. The number of rotatable bonds is 5. The fraction of sp³-hybridized carbons (Fsp3) is 0.310. The molecule has 2 aromatic heterocycles. The molecule has 2 fully saturated rings. The summed E-state index contributed by atoms with van der Waals surface area (Å²) in [5, 5.41) is 19.3. The molecule has 6 rings (SSSR count). The smallest absolute Gasteiger partial charge is 0.245 e. The first-order valence-corrected chi connectivity index (χ1v) is 13.1. The first kappa shape index (κ1) is 24.4. The monoisotopic (exact) mass is 527 g/mol. The number of nitrogen functional groups attached to an aromatic ring is 1. The van der Waals surface area contributed by atoms with Gasteiger partial charge < -0.3 is 16.0 Å². The van der Waals surface area contributed by atoms with Crippen LogP contribution >= 0.6 is 11.6 Å². The Morgan fingerprint density at radius 1 is 1.24 bits per heavy atom. The van der Waals surface area contributed by atoms with Gasteiger partial charge in [0.1, 0.15) is 5.69 Å². The van der Waals surface area contributed by atoms with E-state index in [0.29, 0.717) is 16.3 Å². The number of hydrogen-bond donors (Lipinski definition) is 2. The molecule has 2 aromatic carbocycles. The minimum absolute atomic E-state index is 0.00411. The molecule has 194 valence electrons. The highest BCUT2D eigenvalue weighted by molar-refractivity contribution is 6.35. The molecule has 1 saturated heterocycles. The Kier molecular flexibility index (Phi) is 5.50. The van der Waals surface area contributed by atoms with Crippen molar-refractivity contribution in [2.24, 2.45) is 12.5 Å². The Balaban J connectivity index is 1.48. The zero-order valence-corrected chi connectivity index (χ0v) is 22.5. The van der Waals surface area contributed by atoms with Gasteiger partial charge in [0.05, 0.1) is 22.8 Å². The number of aromatic nitrogens is 4. The molecule has 1 aliphatic heterocycles. The Morgan fingerprint density at radius 3 is 2.66 bits per heavy atom. The van der Waals surface area contributed by atoms with Crippen LogP contribution in [0.15, 0.2) is 43.1 Å². The van der Waals surface area contributed by atoms with E-state index in [9.17, 15) is 4.79 Å². The molecule has 4 aromatic rings. The predicted octanol–water partition coefficient (Wildman–Crippen LogP) is 5.30. The molecule has 1 amide bonds. The molecule has 38 heavy (non-hydrogen) atoms. The van der Waals surface area contributed by atoms with Gasteiger partial charge in [-0.05, 0) is 56.5 Å². The largest absolute Gasteiger partial charge is 0.398 e. The van der Waals surface area contributed by atoms with Gasteiger partial charge in [-0.1, -0.05) is 24.2 Å². The number of benzene rings is 2. The van der Waals surface area contributed by atoms with Crippen molar-refractivity contribution in [3.05, 3.63) is 65.0 Å². The van der Waals surface area contributed by atoms with Crippen molar-refractivity contribution in [1.29, 1.82) is 5.41 Å². The van der Waals surface area contributed by atoms with Gasteiger partial charge >= 0.3 is 0 Å². The summed E-state index contributed by atoms with van der Waals surface area (Å²) in [6.45, 7) is 9.14. The molecular weight excluding hydrogens is 498 g/mol. The SMILES string of the molecule is C=CC(=O)N1CC2(CC(n3nc(-c4ccc5c(cnn5C)c4)c(-c4c(Cl)c(C)cc(N)c4C=N)c3C)C2)C1. The molecule has 1 saturated carbocycles. The van der Waals surface area contributed by atoms with E-state index in [4.69, 9.17) is 27.8 Å². The summed E-state index contributed by atoms with van der Waals surface area (Å²) < 4.78 is 3.96. The summed E-state index contributed by atoms with van der Waals surface area (Å²) in [5.41, 5.74) is 13.9. The lowest BCUT2D eigenvalue weighted by Gasteiger charge is -2.58. The fourth-order valence-corrected chi connectivity index (χ4v) is 6.59. The summed E-state index contributed by atoms with van der Waals surface area (Å²) >= 11 is 6.93. The lowest BCUT2D eigenvalue weighted by Crippen LogP contribution is -2.63. The maximum atomic E-state index is 12.0. The third kappa shape index (κ3) is 3.50. The summed E-state index contributed by atoms with van der Waals surface area (Å²) in [5.74, 6) is -0.00411. The van der Waals surface area contributed by atoms with E-state index in [2.05, 4.69) is 41.5 Å². The Hall–Kier alpha value is -3.91. The van der Waals surface area contributed by atoms with Crippen LogP contribution in [-0.4, -0.2) is 49.7 Å². The predicted molar refractivity (Wildman–Crippen MR) is 152 cm³/mol. The number of nitrogens with two attached hydrogens (primary N) is 1. The number of nitrogens with zero attached hydrogens (tertiary/aromatic N) is 5. The number of amides is 1. The molecule has 3 N–H and O–H groups in total. The second-order valence-corrected chi connectivity index (χ2v) is 11.2. The highest BCUT2D eigenvalue weighted by Crippen LogP contribution is 2.55. The van der Waals surface area contributed by atoms with Crippen molar-refractivity contribution in [2.45, 2.75) is 32.7 Å². The van der Waals surface area contributed by atoms with Crippen LogP contribution in [0.2, 0.25) is 5.02 Å². The van der Waals surface area contributed by atoms with Crippen LogP contribution < -0.4 is 5.73 Å². The third-order valence-corrected chi connectivity index (χ3v) is 8.79. The average molecular weight is 528 g/mol. The molecule has 3 heterocycles. The Morgan fingerprint density at radius 2 is 1.97 bits per heavy atom.